The van der Waals surface area contributed by atoms with Crippen LogP contribution in [0.1, 0.15) is 26.5 Å². The average molecular weight is 359 g/mol. The Morgan fingerprint density at radius 3 is 2.67 bits per heavy atom. The van der Waals surface area contributed by atoms with Crippen LogP contribution >= 0.6 is 40.0 Å². The lowest BCUT2D eigenvalue weighted by molar-refractivity contribution is 1.18. The van der Waals surface area contributed by atoms with Crippen molar-refractivity contribution in [1.29, 1.82) is 5.41 Å². The van der Waals surface area contributed by atoms with Crippen LogP contribution in [0.3, 0.4) is 0 Å². The van der Waals surface area contributed by atoms with Gasteiger partial charge in [0.2, 0.25) is 0 Å². The molecule has 0 radical (unpaired) electrons. The van der Waals surface area contributed by atoms with Crippen LogP contribution in [-0.4, -0.2) is 15.7 Å². The summed E-state index contributed by atoms with van der Waals surface area (Å²) in [5, 5.41) is 10.8. The van der Waals surface area contributed by atoms with Gasteiger partial charge in [0, 0.05) is 6.37 Å². The standard InChI is InChI=1S/C6H7ClIN4P.C2H6/c1-3(9)5-6(12-13-8)11-4(7)2-10-5;1-2/h2,9,13H,1H3,(H,11,12);1-2H3. The van der Waals surface area contributed by atoms with Gasteiger partial charge in [-0.1, -0.05) is 25.4 Å². The number of hydrogen-bond acceptors (Lipinski definition) is 4. The maximum absolute atomic E-state index is 7.44. The van der Waals surface area contributed by atoms with E-state index < -0.39 is 0 Å². The molecule has 1 unspecified atom stereocenters. The summed E-state index contributed by atoms with van der Waals surface area (Å²) < 4.78 is 0. The minimum Gasteiger partial charge on any atom is -0.341 e. The van der Waals surface area contributed by atoms with Crippen molar-refractivity contribution in [1.82, 2.24) is 9.97 Å². The fourth-order valence-corrected chi connectivity index (χ4v) is 1.94. The smallest absolute Gasteiger partial charge is 0.159 e. The maximum atomic E-state index is 7.44. The van der Waals surface area contributed by atoms with Gasteiger partial charge in [-0.15, -0.1) is 0 Å². The quantitative estimate of drug-likeness (QED) is 0.489. The highest BCUT2D eigenvalue weighted by atomic mass is 127. The van der Waals surface area contributed by atoms with Gasteiger partial charge in [-0.25, -0.2) is 9.97 Å². The molecule has 2 N–H and O–H groups in total. The van der Waals surface area contributed by atoms with Gasteiger partial charge in [-0.05, 0) is 29.0 Å². The number of hydrogen-bond donors (Lipinski definition) is 2. The second kappa shape index (κ2) is 8.19. The van der Waals surface area contributed by atoms with Gasteiger partial charge in [0.05, 0.1) is 11.9 Å². The fraction of sp³-hybridized carbons (Fsp3) is 0.375. The summed E-state index contributed by atoms with van der Waals surface area (Å²) in [7, 11) is 0. The Labute approximate surface area is 109 Å². The molecule has 15 heavy (non-hydrogen) atoms. The molecule has 0 aliphatic heterocycles. The van der Waals surface area contributed by atoms with Crippen molar-refractivity contribution >= 4 is 51.5 Å². The summed E-state index contributed by atoms with van der Waals surface area (Å²) >= 11 is 7.85. The second-order valence-corrected chi connectivity index (χ2v) is 4.68. The number of nitrogens with zero attached hydrogens (tertiary/aromatic N) is 2. The van der Waals surface area contributed by atoms with Crippen molar-refractivity contribution in [3.63, 3.8) is 0 Å². The second-order valence-electron chi connectivity index (χ2n) is 2.23. The summed E-state index contributed by atoms with van der Waals surface area (Å²) in [6.07, 6.45) is 1.92. The van der Waals surface area contributed by atoms with Gasteiger partial charge in [0.15, 0.2) is 5.82 Å². The van der Waals surface area contributed by atoms with E-state index in [4.69, 9.17) is 17.0 Å². The molecule has 0 spiro atoms. The zero-order valence-corrected chi connectivity index (χ0v) is 12.6. The van der Waals surface area contributed by atoms with E-state index in [9.17, 15) is 0 Å². The Morgan fingerprint density at radius 2 is 2.20 bits per heavy atom. The molecule has 7 heteroatoms. The van der Waals surface area contributed by atoms with E-state index in [0.29, 0.717) is 28.8 Å². The molecule has 0 saturated heterocycles. The first-order valence-electron chi connectivity index (χ1n) is 4.35. The lowest BCUT2D eigenvalue weighted by atomic mass is 10.3. The predicted octanol–water partition coefficient (Wildman–Crippen LogP) is 3.90. The summed E-state index contributed by atoms with van der Waals surface area (Å²) in [5.41, 5.74) is 0.926. The molecule has 4 nitrogen and oxygen atoms in total. The zero-order valence-electron chi connectivity index (χ0n) is 8.73. The highest BCUT2D eigenvalue weighted by molar-refractivity contribution is 14.2. The van der Waals surface area contributed by atoms with Gasteiger partial charge in [-0.3, -0.25) is 0 Å². The van der Waals surface area contributed by atoms with E-state index in [2.05, 4.69) is 37.1 Å². The minimum atomic E-state index is 0.335. The molecule has 0 aliphatic rings. The largest absolute Gasteiger partial charge is 0.341 e. The number of nitrogens with one attached hydrogen (secondary N) is 2. The van der Waals surface area contributed by atoms with E-state index in [1.807, 2.05) is 13.8 Å². The molecule has 0 bridgehead atoms. The van der Waals surface area contributed by atoms with Crippen molar-refractivity contribution in [2.75, 3.05) is 5.09 Å². The minimum absolute atomic E-state index is 0.335. The van der Waals surface area contributed by atoms with E-state index in [1.54, 1.807) is 6.92 Å². The van der Waals surface area contributed by atoms with E-state index in [1.165, 1.54) is 6.20 Å². The van der Waals surface area contributed by atoms with Crippen LogP contribution in [0.15, 0.2) is 6.20 Å². The number of aromatic nitrogens is 2. The number of rotatable bonds is 3. The lowest BCUT2D eigenvalue weighted by Crippen LogP contribution is -2.03. The van der Waals surface area contributed by atoms with Crippen LogP contribution in [0.4, 0.5) is 5.82 Å². The van der Waals surface area contributed by atoms with Crippen molar-refractivity contribution in [2.24, 2.45) is 0 Å². The Morgan fingerprint density at radius 1 is 1.60 bits per heavy atom. The SMILES string of the molecule is CC.CC(=N)c1ncc(Cl)nc1NPI. The molecule has 1 aromatic rings. The van der Waals surface area contributed by atoms with E-state index >= 15 is 0 Å². The molecule has 0 saturated carbocycles. The number of anilines is 1. The lowest BCUT2D eigenvalue weighted by Gasteiger charge is -2.06. The third kappa shape index (κ3) is 5.04. The van der Waals surface area contributed by atoms with Crippen LogP contribution in [0.2, 0.25) is 5.15 Å². The van der Waals surface area contributed by atoms with Crippen molar-refractivity contribution < 1.29 is 0 Å². The van der Waals surface area contributed by atoms with Crippen LogP contribution in [-0.2, 0) is 0 Å². The molecular weight excluding hydrogens is 345 g/mol. The molecular formula is C8H13ClIN4P. The third-order valence-corrected chi connectivity index (χ3v) is 2.59. The molecule has 0 fully saturated rings. The van der Waals surface area contributed by atoms with Crippen LogP contribution < -0.4 is 5.09 Å². The summed E-state index contributed by atoms with van der Waals surface area (Å²) in [6.45, 7) is 5.67. The Hall–Kier alpha value is -0.000000000000000222. The Balaban J connectivity index is 0.000000921. The monoisotopic (exact) mass is 358 g/mol. The van der Waals surface area contributed by atoms with Crippen molar-refractivity contribution in [2.45, 2.75) is 20.8 Å². The average Bonchev–Trinajstić information content (AvgIpc) is 2.21. The molecule has 1 heterocycles. The number of halogens is 2. The molecule has 84 valence electrons. The van der Waals surface area contributed by atoms with Gasteiger partial charge < -0.3 is 10.5 Å². The Kier molecular flexibility index (Phi) is 8.19. The molecule has 0 aromatic carbocycles. The van der Waals surface area contributed by atoms with Gasteiger partial charge in [-0.2, -0.15) is 0 Å². The third-order valence-electron chi connectivity index (χ3n) is 1.26. The zero-order chi connectivity index (χ0) is 11.8. The topological polar surface area (TPSA) is 61.7 Å². The van der Waals surface area contributed by atoms with Crippen LogP contribution in [0, 0.1) is 5.41 Å². The Bertz CT molecular complexity index is 334. The predicted molar refractivity (Wildman–Crippen MR) is 76.9 cm³/mol. The van der Waals surface area contributed by atoms with Crippen LogP contribution in [0.5, 0.6) is 0 Å². The van der Waals surface area contributed by atoms with Crippen molar-refractivity contribution in [3.05, 3.63) is 17.0 Å². The molecule has 0 amide bonds. The van der Waals surface area contributed by atoms with Crippen LogP contribution in [0.25, 0.3) is 0 Å². The first kappa shape index (κ1) is 15.0. The summed E-state index contributed by atoms with van der Waals surface area (Å²) in [6, 6.07) is 0. The summed E-state index contributed by atoms with van der Waals surface area (Å²) in [5.74, 6) is 0.577. The van der Waals surface area contributed by atoms with E-state index in [0.717, 1.165) is 0 Å². The maximum Gasteiger partial charge on any atom is 0.159 e. The molecule has 0 aliphatic carbocycles. The fourth-order valence-electron chi connectivity index (χ4n) is 0.774. The highest BCUT2D eigenvalue weighted by Crippen LogP contribution is 2.25. The first-order chi connectivity index (χ1) is 7.15. The summed E-state index contributed by atoms with van der Waals surface area (Å²) in [4.78, 5) is 8.05. The molecule has 1 rings (SSSR count). The van der Waals surface area contributed by atoms with Gasteiger partial charge in [0.1, 0.15) is 10.8 Å². The van der Waals surface area contributed by atoms with E-state index in [-0.39, 0.29) is 0 Å². The molecule has 1 atom stereocenters. The van der Waals surface area contributed by atoms with Gasteiger partial charge in [0.25, 0.3) is 0 Å². The normalized spacial score (nSPS) is 9.67. The van der Waals surface area contributed by atoms with Crippen molar-refractivity contribution in [3.8, 4) is 0 Å². The highest BCUT2D eigenvalue weighted by Gasteiger charge is 2.07. The molecule has 1 aromatic heterocycles. The first-order valence-corrected chi connectivity index (χ1v) is 8.84. The van der Waals surface area contributed by atoms with Gasteiger partial charge >= 0.3 is 0 Å².